The van der Waals surface area contributed by atoms with Gasteiger partial charge >= 0.3 is 0 Å². The largest absolute Gasteiger partial charge is 0.361 e. The quantitative estimate of drug-likeness (QED) is 0.652. The Kier molecular flexibility index (Phi) is 4.97. The Bertz CT molecular complexity index is 794. The summed E-state index contributed by atoms with van der Waals surface area (Å²) in [6.07, 6.45) is 4.50. The lowest BCUT2D eigenvalue weighted by atomic mass is 10.1. The van der Waals surface area contributed by atoms with Gasteiger partial charge in [-0.25, -0.2) is 0 Å². The van der Waals surface area contributed by atoms with E-state index in [1.54, 1.807) is 6.33 Å². The first-order valence-corrected chi connectivity index (χ1v) is 8.58. The van der Waals surface area contributed by atoms with E-state index >= 15 is 0 Å². The predicted octanol–water partition coefficient (Wildman–Crippen LogP) is 2.23. The van der Waals surface area contributed by atoms with Gasteiger partial charge < -0.3 is 14.9 Å². The number of fused-ring (bicyclic) bond motifs is 1. The topological polar surface area (TPSA) is 75.6 Å². The smallest absolute Gasteiger partial charge is 0.230 e. The molecule has 0 unspecified atom stereocenters. The molecule has 1 amide bonds. The van der Waals surface area contributed by atoms with E-state index in [0.717, 1.165) is 23.6 Å². The second-order valence-electron chi connectivity index (χ2n) is 5.15. The number of H-pyrrole nitrogens is 1. The molecule has 0 saturated carbocycles. The highest BCUT2D eigenvalue weighted by molar-refractivity contribution is 7.99. The van der Waals surface area contributed by atoms with E-state index < -0.39 is 0 Å². The van der Waals surface area contributed by atoms with Crippen molar-refractivity contribution in [3.8, 4) is 0 Å². The summed E-state index contributed by atoms with van der Waals surface area (Å²) in [6, 6.07) is 8.18. The van der Waals surface area contributed by atoms with Crippen molar-refractivity contribution in [2.75, 3.05) is 12.3 Å². The number of carbonyl (C=O) groups excluding carboxylic acids is 1. The van der Waals surface area contributed by atoms with Crippen molar-refractivity contribution in [3.63, 3.8) is 0 Å². The van der Waals surface area contributed by atoms with Crippen LogP contribution in [0.25, 0.3) is 10.9 Å². The van der Waals surface area contributed by atoms with Crippen LogP contribution in [0.4, 0.5) is 0 Å². The van der Waals surface area contributed by atoms with Crippen molar-refractivity contribution in [3.05, 3.63) is 42.4 Å². The fourth-order valence-corrected chi connectivity index (χ4v) is 3.24. The predicted molar refractivity (Wildman–Crippen MR) is 91.4 cm³/mol. The van der Waals surface area contributed by atoms with Gasteiger partial charge in [-0.2, -0.15) is 0 Å². The molecule has 23 heavy (non-hydrogen) atoms. The maximum atomic E-state index is 11.9. The Morgan fingerprint density at radius 2 is 2.26 bits per heavy atom. The Morgan fingerprint density at radius 1 is 1.39 bits per heavy atom. The first kappa shape index (κ1) is 15.6. The molecule has 2 N–H and O–H groups in total. The molecule has 1 aromatic carbocycles. The molecule has 0 aliphatic heterocycles. The minimum Gasteiger partial charge on any atom is -0.361 e. The Morgan fingerprint density at radius 3 is 3.13 bits per heavy atom. The number of rotatable bonds is 7. The number of aryl methyl sites for hydroxylation is 1. The molecule has 2 aromatic heterocycles. The van der Waals surface area contributed by atoms with Crippen LogP contribution in [-0.2, 0) is 17.8 Å². The van der Waals surface area contributed by atoms with Crippen LogP contribution < -0.4 is 5.32 Å². The number of benzene rings is 1. The van der Waals surface area contributed by atoms with Gasteiger partial charge in [-0.15, -0.1) is 10.2 Å². The van der Waals surface area contributed by atoms with E-state index in [0.29, 0.717) is 12.3 Å². The zero-order valence-corrected chi connectivity index (χ0v) is 13.8. The number of nitrogens with one attached hydrogen (secondary N) is 2. The highest BCUT2D eigenvalue weighted by atomic mass is 32.2. The molecule has 7 heteroatoms. The van der Waals surface area contributed by atoms with E-state index in [1.807, 2.05) is 29.8 Å². The third-order valence-electron chi connectivity index (χ3n) is 3.64. The molecule has 0 bridgehead atoms. The molecule has 120 valence electrons. The Labute approximate surface area is 138 Å². The summed E-state index contributed by atoms with van der Waals surface area (Å²) in [5.41, 5.74) is 2.35. The van der Waals surface area contributed by atoms with Crippen molar-refractivity contribution < 1.29 is 4.79 Å². The van der Waals surface area contributed by atoms with Gasteiger partial charge in [-0.1, -0.05) is 30.0 Å². The number of thioether (sulfide) groups is 1. The first-order valence-electron chi connectivity index (χ1n) is 7.60. The summed E-state index contributed by atoms with van der Waals surface area (Å²) in [7, 11) is 0. The van der Waals surface area contributed by atoms with Crippen LogP contribution >= 0.6 is 11.8 Å². The van der Waals surface area contributed by atoms with Crippen LogP contribution in [0, 0.1) is 0 Å². The summed E-state index contributed by atoms with van der Waals surface area (Å²) in [4.78, 5) is 15.2. The molecule has 0 aliphatic rings. The SMILES string of the molecule is CCn1cnnc1SCC(=O)NCCc1c[nH]c2ccccc12. The average Bonchev–Trinajstić information content (AvgIpc) is 3.19. The van der Waals surface area contributed by atoms with E-state index in [1.165, 1.54) is 22.7 Å². The summed E-state index contributed by atoms with van der Waals surface area (Å²) < 4.78 is 1.92. The van der Waals surface area contributed by atoms with Gasteiger partial charge in [0.25, 0.3) is 0 Å². The second-order valence-corrected chi connectivity index (χ2v) is 6.09. The molecule has 6 nitrogen and oxygen atoms in total. The maximum absolute atomic E-state index is 11.9. The maximum Gasteiger partial charge on any atom is 0.230 e. The highest BCUT2D eigenvalue weighted by Crippen LogP contribution is 2.18. The molecular weight excluding hydrogens is 310 g/mol. The van der Waals surface area contributed by atoms with Crippen molar-refractivity contribution in [1.29, 1.82) is 0 Å². The molecule has 0 fully saturated rings. The number of nitrogens with zero attached hydrogens (tertiary/aromatic N) is 3. The Hall–Kier alpha value is -2.28. The van der Waals surface area contributed by atoms with Crippen molar-refractivity contribution in [2.45, 2.75) is 25.0 Å². The lowest BCUT2D eigenvalue weighted by Crippen LogP contribution is -2.27. The molecule has 0 spiro atoms. The van der Waals surface area contributed by atoms with Gasteiger partial charge in [0.2, 0.25) is 5.91 Å². The van der Waals surface area contributed by atoms with Crippen LogP contribution in [-0.4, -0.2) is 38.0 Å². The number of carbonyl (C=O) groups is 1. The summed E-state index contributed by atoms with van der Waals surface area (Å²) in [6.45, 7) is 3.45. The van der Waals surface area contributed by atoms with E-state index in [-0.39, 0.29) is 5.91 Å². The minimum atomic E-state index is 0.0143. The van der Waals surface area contributed by atoms with Crippen LogP contribution in [0.15, 0.2) is 41.9 Å². The molecular formula is C16H19N5OS. The minimum absolute atomic E-state index is 0.0143. The number of para-hydroxylation sites is 1. The lowest BCUT2D eigenvalue weighted by molar-refractivity contribution is -0.118. The number of amides is 1. The monoisotopic (exact) mass is 329 g/mol. The van der Waals surface area contributed by atoms with Gasteiger partial charge in [0.05, 0.1) is 5.75 Å². The van der Waals surface area contributed by atoms with Crippen LogP contribution in [0.1, 0.15) is 12.5 Å². The fraction of sp³-hybridized carbons (Fsp3) is 0.312. The van der Waals surface area contributed by atoms with Gasteiger partial charge in [0.1, 0.15) is 6.33 Å². The third-order valence-corrected chi connectivity index (χ3v) is 4.63. The fourth-order valence-electron chi connectivity index (χ4n) is 2.43. The molecule has 0 atom stereocenters. The van der Waals surface area contributed by atoms with Crippen LogP contribution in [0.2, 0.25) is 0 Å². The van der Waals surface area contributed by atoms with Crippen molar-refractivity contribution in [1.82, 2.24) is 25.1 Å². The van der Waals surface area contributed by atoms with Crippen LogP contribution in [0.5, 0.6) is 0 Å². The summed E-state index contributed by atoms with van der Waals surface area (Å²) in [5, 5.41) is 12.8. The second kappa shape index (κ2) is 7.32. The summed E-state index contributed by atoms with van der Waals surface area (Å²) in [5.74, 6) is 0.368. The molecule has 3 aromatic rings. The number of hydrogen-bond donors (Lipinski definition) is 2. The van der Waals surface area contributed by atoms with Gasteiger partial charge in [-0.05, 0) is 25.0 Å². The van der Waals surface area contributed by atoms with E-state index in [4.69, 9.17) is 0 Å². The van der Waals surface area contributed by atoms with Crippen molar-refractivity contribution >= 4 is 28.6 Å². The van der Waals surface area contributed by atoms with E-state index in [2.05, 4.69) is 32.6 Å². The summed E-state index contributed by atoms with van der Waals surface area (Å²) >= 11 is 1.41. The average molecular weight is 329 g/mol. The number of aromatic amines is 1. The normalized spacial score (nSPS) is 11.0. The zero-order chi connectivity index (χ0) is 16.1. The molecule has 0 saturated heterocycles. The lowest BCUT2D eigenvalue weighted by Gasteiger charge is -2.05. The van der Waals surface area contributed by atoms with Crippen LogP contribution in [0.3, 0.4) is 0 Å². The zero-order valence-electron chi connectivity index (χ0n) is 13.0. The molecule has 0 radical (unpaired) electrons. The van der Waals surface area contributed by atoms with Gasteiger partial charge in [0.15, 0.2) is 5.16 Å². The third kappa shape index (κ3) is 3.73. The molecule has 3 rings (SSSR count). The molecule has 2 heterocycles. The highest BCUT2D eigenvalue weighted by Gasteiger charge is 2.08. The van der Waals surface area contributed by atoms with E-state index in [9.17, 15) is 4.79 Å². The first-order chi connectivity index (χ1) is 11.3. The Balaban J connectivity index is 1.46. The van der Waals surface area contributed by atoms with Crippen molar-refractivity contribution in [2.24, 2.45) is 0 Å². The molecule has 0 aliphatic carbocycles. The standard InChI is InChI=1S/C16H19N5OS/c1-2-21-11-19-20-16(21)23-10-15(22)17-8-7-12-9-18-14-6-4-3-5-13(12)14/h3-6,9,11,18H,2,7-8,10H2,1H3,(H,17,22). The van der Waals surface area contributed by atoms with Gasteiger partial charge in [0, 0.05) is 30.2 Å². The number of hydrogen-bond acceptors (Lipinski definition) is 4. The van der Waals surface area contributed by atoms with Gasteiger partial charge in [-0.3, -0.25) is 4.79 Å². The number of aromatic nitrogens is 4.